The second kappa shape index (κ2) is 16.8. The molecule has 0 aliphatic carbocycles. The predicted molar refractivity (Wildman–Crippen MR) is 152 cm³/mol. The third kappa shape index (κ3) is 10.5. The zero-order valence-corrected chi connectivity index (χ0v) is 22.8. The molecule has 0 unspecified atom stereocenters. The summed E-state index contributed by atoms with van der Waals surface area (Å²) in [6, 6.07) is 15.0. The molecule has 0 atom stereocenters. The van der Waals surface area contributed by atoms with Crippen LogP contribution in [0.25, 0.3) is 11.1 Å². The Morgan fingerprint density at radius 1 is 0.639 bits per heavy atom. The van der Waals surface area contributed by atoms with Crippen LogP contribution in [0.15, 0.2) is 48.5 Å². The van der Waals surface area contributed by atoms with Gasteiger partial charge in [-0.1, -0.05) is 83.1 Å². The van der Waals surface area contributed by atoms with Gasteiger partial charge in [0.1, 0.15) is 11.5 Å². The van der Waals surface area contributed by atoms with E-state index >= 15 is 0 Å². The van der Waals surface area contributed by atoms with Crippen molar-refractivity contribution in [1.82, 2.24) is 4.90 Å². The number of phenolic OH excluding ortho intramolecular Hbond substituents is 2. The van der Waals surface area contributed by atoms with Crippen molar-refractivity contribution >= 4 is 17.1 Å². The summed E-state index contributed by atoms with van der Waals surface area (Å²) < 4.78 is 0. The molecule has 0 saturated heterocycles. The van der Waals surface area contributed by atoms with Crippen LogP contribution >= 0.6 is 0 Å². The largest absolute Gasteiger partial charge is 0.508 e. The van der Waals surface area contributed by atoms with Crippen molar-refractivity contribution in [1.29, 1.82) is 0 Å². The average Bonchev–Trinajstić information content (AvgIpc) is 2.89. The maximum atomic E-state index is 12.1. The predicted octanol–water partition coefficient (Wildman–Crippen LogP) is 8.58. The molecule has 0 radical (unpaired) electrons. The fraction of sp³-hybridized carbons (Fsp3) is 0.531. The summed E-state index contributed by atoms with van der Waals surface area (Å²) in [5.74, 6) is 0.861. The number of hydrogen-bond acceptors (Lipinski definition) is 3. The molecule has 2 N–H and O–H groups in total. The summed E-state index contributed by atoms with van der Waals surface area (Å²) in [7, 11) is 1.93. The lowest BCUT2D eigenvalue weighted by molar-refractivity contribution is -0.130. The topological polar surface area (TPSA) is 60.8 Å². The second-order valence-corrected chi connectivity index (χ2v) is 9.90. The van der Waals surface area contributed by atoms with E-state index in [-0.39, 0.29) is 11.5 Å². The van der Waals surface area contributed by atoms with Gasteiger partial charge in [-0.2, -0.15) is 0 Å². The molecule has 0 bridgehead atoms. The fourth-order valence-corrected chi connectivity index (χ4v) is 4.74. The zero-order chi connectivity index (χ0) is 26.2. The minimum atomic E-state index is 0.284. The van der Waals surface area contributed by atoms with Crippen LogP contribution < -0.4 is 0 Å². The summed E-state index contributed by atoms with van der Waals surface area (Å²) in [5, 5.41) is 19.5. The van der Waals surface area contributed by atoms with Crippen LogP contribution in [0.3, 0.4) is 0 Å². The summed E-state index contributed by atoms with van der Waals surface area (Å²) in [6.45, 7) is 5.22. The lowest BCUT2D eigenvalue weighted by Gasteiger charge is -2.16. The molecule has 0 aliphatic rings. The van der Waals surface area contributed by atoms with Crippen molar-refractivity contribution < 1.29 is 15.0 Å². The van der Waals surface area contributed by atoms with Gasteiger partial charge in [0.25, 0.3) is 0 Å². The number of carbonyl (C=O) groups excluding carboxylic acids is 1. The first-order valence-corrected chi connectivity index (χ1v) is 14.0. The fourth-order valence-electron chi connectivity index (χ4n) is 4.74. The number of amides is 1. The van der Waals surface area contributed by atoms with E-state index in [9.17, 15) is 15.0 Å². The molecule has 0 spiro atoms. The van der Waals surface area contributed by atoms with E-state index in [1.54, 1.807) is 24.3 Å². The van der Waals surface area contributed by atoms with E-state index < -0.39 is 0 Å². The van der Waals surface area contributed by atoms with Crippen LogP contribution in [-0.4, -0.2) is 34.6 Å². The van der Waals surface area contributed by atoms with Crippen molar-refractivity contribution in [3.05, 3.63) is 59.7 Å². The highest BCUT2D eigenvalue weighted by Crippen LogP contribution is 2.34. The molecular weight excluding hydrogens is 446 g/mol. The standard InChI is InChI=1S/C32H47NO3/c1-4-6-25-33(3)32(36)16-14-12-10-8-7-9-11-13-15-31(27-19-23-29(35)24-20-27)30(5-2)26-17-21-28(34)22-18-26/h17-24,34-35H,4-16,25H2,1-3H3/b31-30+. The molecule has 4 nitrogen and oxygen atoms in total. The average molecular weight is 494 g/mol. The van der Waals surface area contributed by atoms with Crippen LogP contribution in [0.2, 0.25) is 0 Å². The third-order valence-corrected chi connectivity index (χ3v) is 6.99. The van der Waals surface area contributed by atoms with Crippen LogP contribution in [0.5, 0.6) is 11.5 Å². The molecule has 2 rings (SSSR count). The number of aromatic hydroxyl groups is 2. The van der Waals surface area contributed by atoms with Crippen molar-refractivity contribution in [2.45, 2.75) is 97.3 Å². The molecular formula is C32H47NO3. The van der Waals surface area contributed by atoms with E-state index in [1.807, 2.05) is 36.2 Å². The quantitative estimate of drug-likeness (QED) is 0.171. The second-order valence-electron chi connectivity index (χ2n) is 9.90. The minimum absolute atomic E-state index is 0.284. The first-order valence-electron chi connectivity index (χ1n) is 14.0. The van der Waals surface area contributed by atoms with Gasteiger partial charge in [-0.25, -0.2) is 0 Å². The molecule has 4 heteroatoms. The van der Waals surface area contributed by atoms with Gasteiger partial charge in [-0.3, -0.25) is 4.79 Å². The number of carbonyl (C=O) groups is 1. The van der Waals surface area contributed by atoms with Gasteiger partial charge >= 0.3 is 0 Å². The summed E-state index contributed by atoms with van der Waals surface area (Å²) in [6.07, 6.45) is 14.3. The van der Waals surface area contributed by atoms with Crippen molar-refractivity contribution in [2.24, 2.45) is 0 Å². The highest BCUT2D eigenvalue weighted by molar-refractivity contribution is 5.91. The molecule has 2 aromatic carbocycles. The van der Waals surface area contributed by atoms with E-state index in [1.165, 1.54) is 43.3 Å². The Balaban J connectivity index is 1.77. The first-order chi connectivity index (χ1) is 17.5. The van der Waals surface area contributed by atoms with E-state index in [4.69, 9.17) is 0 Å². The van der Waals surface area contributed by atoms with Gasteiger partial charge in [0.2, 0.25) is 5.91 Å². The molecule has 0 aliphatic heterocycles. The minimum Gasteiger partial charge on any atom is -0.508 e. The van der Waals surface area contributed by atoms with Crippen LogP contribution in [0.1, 0.15) is 108 Å². The third-order valence-electron chi connectivity index (χ3n) is 6.99. The number of phenols is 2. The molecule has 0 saturated carbocycles. The summed E-state index contributed by atoms with van der Waals surface area (Å²) in [5.41, 5.74) is 4.94. The van der Waals surface area contributed by atoms with E-state index in [0.717, 1.165) is 62.6 Å². The van der Waals surface area contributed by atoms with Gasteiger partial charge in [0.15, 0.2) is 0 Å². The molecule has 198 valence electrons. The highest BCUT2D eigenvalue weighted by Gasteiger charge is 2.11. The Morgan fingerprint density at radius 2 is 1.08 bits per heavy atom. The molecule has 2 aromatic rings. The van der Waals surface area contributed by atoms with E-state index in [0.29, 0.717) is 12.3 Å². The monoisotopic (exact) mass is 493 g/mol. The Bertz CT molecular complexity index is 915. The lowest BCUT2D eigenvalue weighted by atomic mass is 9.89. The van der Waals surface area contributed by atoms with Crippen molar-refractivity contribution in [3.63, 3.8) is 0 Å². The summed E-state index contributed by atoms with van der Waals surface area (Å²) in [4.78, 5) is 14.0. The molecule has 0 aromatic heterocycles. The molecule has 1 amide bonds. The molecule has 0 fully saturated rings. The van der Waals surface area contributed by atoms with Gasteiger partial charge in [-0.05, 0) is 78.6 Å². The first kappa shape index (κ1) is 29.5. The number of nitrogens with zero attached hydrogens (tertiary/aromatic N) is 1. The number of hydrogen-bond donors (Lipinski definition) is 2. The van der Waals surface area contributed by atoms with Gasteiger partial charge in [-0.15, -0.1) is 0 Å². The molecule has 36 heavy (non-hydrogen) atoms. The zero-order valence-electron chi connectivity index (χ0n) is 22.8. The SMILES string of the molecule is CCCCN(C)C(=O)CCCCCCCCCC/C(=C(/CC)c1ccc(O)cc1)c1ccc(O)cc1. The number of rotatable bonds is 17. The van der Waals surface area contributed by atoms with Crippen molar-refractivity contribution in [3.8, 4) is 11.5 Å². The highest BCUT2D eigenvalue weighted by atomic mass is 16.3. The Labute approximate surface area is 219 Å². The Hall–Kier alpha value is -2.75. The van der Waals surface area contributed by atoms with Crippen molar-refractivity contribution in [2.75, 3.05) is 13.6 Å². The molecule has 0 heterocycles. The van der Waals surface area contributed by atoms with Gasteiger partial charge < -0.3 is 15.1 Å². The smallest absolute Gasteiger partial charge is 0.222 e. The lowest BCUT2D eigenvalue weighted by Crippen LogP contribution is -2.27. The Kier molecular flexibility index (Phi) is 13.8. The summed E-state index contributed by atoms with van der Waals surface area (Å²) >= 11 is 0. The Morgan fingerprint density at radius 3 is 1.56 bits per heavy atom. The van der Waals surface area contributed by atoms with Crippen LogP contribution in [-0.2, 0) is 4.79 Å². The van der Waals surface area contributed by atoms with Gasteiger partial charge in [0.05, 0.1) is 0 Å². The van der Waals surface area contributed by atoms with Crippen LogP contribution in [0.4, 0.5) is 0 Å². The van der Waals surface area contributed by atoms with Gasteiger partial charge in [0, 0.05) is 20.0 Å². The maximum absolute atomic E-state index is 12.1. The number of allylic oxidation sites excluding steroid dienone is 2. The number of unbranched alkanes of at least 4 members (excludes halogenated alkanes) is 8. The normalized spacial score (nSPS) is 11.9. The van der Waals surface area contributed by atoms with Crippen LogP contribution in [0, 0.1) is 0 Å². The maximum Gasteiger partial charge on any atom is 0.222 e. The van der Waals surface area contributed by atoms with E-state index in [2.05, 4.69) is 13.8 Å². The number of benzene rings is 2.